The molecule has 0 radical (unpaired) electrons. The summed E-state index contributed by atoms with van der Waals surface area (Å²) in [6.07, 6.45) is 0. The van der Waals surface area contributed by atoms with Gasteiger partial charge in [-0.2, -0.15) is 0 Å². The first-order chi connectivity index (χ1) is 9.83. The van der Waals surface area contributed by atoms with Gasteiger partial charge in [0.25, 0.3) is 5.91 Å². The first-order valence-corrected chi connectivity index (χ1v) is 7.23. The zero-order chi connectivity index (χ0) is 13.8. The van der Waals surface area contributed by atoms with E-state index >= 15 is 0 Å². The van der Waals surface area contributed by atoms with E-state index in [0.717, 1.165) is 45.0 Å². The van der Waals surface area contributed by atoms with E-state index in [4.69, 9.17) is 4.74 Å². The van der Waals surface area contributed by atoms with Crippen molar-refractivity contribution in [3.8, 4) is 5.75 Å². The summed E-state index contributed by atoms with van der Waals surface area (Å²) in [5.41, 5.74) is 0. The summed E-state index contributed by atoms with van der Waals surface area (Å²) >= 11 is 0. The summed E-state index contributed by atoms with van der Waals surface area (Å²) in [6.45, 7) is 5.89. The fourth-order valence-electron chi connectivity index (χ4n) is 2.62. The van der Waals surface area contributed by atoms with E-state index in [-0.39, 0.29) is 12.5 Å². The Hall–Kier alpha value is -1.59. The Morgan fingerprint density at radius 2 is 1.85 bits per heavy atom. The van der Waals surface area contributed by atoms with Crippen molar-refractivity contribution >= 4 is 5.91 Å². The molecule has 2 heterocycles. The monoisotopic (exact) mass is 275 g/mol. The molecule has 0 spiro atoms. The van der Waals surface area contributed by atoms with E-state index in [2.05, 4.69) is 10.2 Å². The number of hydrogen-bond acceptors (Lipinski definition) is 4. The number of rotatable bonds is 4. The maximum atomic E-state index is 12.1. The molecule has 5 heteroatoms. The summed E-state index contributed by atoms with van der Waals surface area (Å²) in [6, 6.07) is 10.2. The molecule has 0 saturated carbocycles. The highest BCUT2D eigenvalue weighted by molar-refractivity contribution is 5.77. The highest BCUT2D eigenvalue weighted by Gasteiger charge is 2.29. The third kappa shape index (κ3) is 3.11. The van der Waals surface area contributed by atoms with Crippen molar-refractivity contribution in [2.24, 2.45) is 0 Å². The van der Waals surface area contributed by atoms with Crippen LogP contribution in [0.4, 0.5) is 0 Å². The Morgan fingerprint density at radius 1 is 1.15 bits per heavy atom. The molecule has 1 N–H and O–H groups in total. The molecule has 0 unspecified atom stereocenters. The van der Waals surface area contributed by atoms with Crippen LogP contribution in [0.15, 0.2) is 30.3 Å². The topological polar surface area (TPSA) is 44.8 Å². The molecule has 2 fully saturated rings. The van der Waals surface area contributed by atoms with Gasteiger partial charge in [-0.05, 0) is 12.1 Å². The van der Waals surface area contributed by atoms with Crippen molar-refractivity contribution in [3.63, 3.8) is 0 Å². The summed E-state index contributed by atoms with van der Waals surface area (Å²) in [5.74, 6) is 0.834. The van der Waals surface area contributed by atoms with Crippen LogP contribution in [-0.4, -0.2) is 67.6 Å². The Balaban J connectivity index is 1.42. The smallest absolute Gasteiger partial charge is 0.260 e. The Morgan fingerprint density at radius 3 is 2.45 bits per heavy atom. The van der Waals surface area contributed by atoms with Crippen LogP contribution >= 0.6 is 0 Å². The largest absolute Gasteiger partial charge is 0.484 e. The second-order valence-electron chi connectivity index (χ2n) is 5.33. The van der Waals surface area contributed by atoms with Gasteiger partial charge >= 0.3 is 0 Å². The van der Waals surface area contributed by atoms with Gasteiger partial charge < -0.3 is 15.0 Å². The first-order valence-electron chi connectivity index (χ1n) is 7.23. The molecule has 2 aliphatic rings. The summed E-state index contributed by atoms with van der Waals surface area (Å²) in [4.78, 5) is 16.5. The van der Waals surface area contributed by atoms with Gasteiger partial charge in [-0.1, -0.05) is 18.2 Å². The molecule has 1 aromatic rings. The molecule has 1 aromatic carbocycles. The summed E-state index contributed by atoms with van der Waals surface area (Å²) in [5, 5.41) is 3.29. The number of hydrogen-bond donors (Lipinski definition) is 1. The van der Waals surface area contributed by atoms with Gasteiger partial charge in [-0.15, -0.1) is 0 Å². The number of ether oxygens (including phenoxy) is 1. The highest BCUT2D eigenvalue weighted by atomic mass is 16.5. The van der Waals surface area contributed by atoms with Crippen LogP contribution in [0.5, 0.6) is 5.75 Å². The number of carbonyl (C=O) groups excluding carboxylic acids is 1. The maximum absolute atomic E-state index is 12.1. The van der Waals surface area contributed by atoms with E-state index in [1.165, 1.54) is 0 Å². The van der Waals surface area contributed by atoms with Gasteiger partial charge in [0.1, 0.15) is 5.75 Å². The molecule has 108 valence electrons. The lowest BCUT2D eigenvalue weighted by Gasteiger charge is -2.43. The minimum absolute atomic E-state index is 0.0836. The van der Waals surface area contributed by atoms with Gasteiger partial charge in [0, 0.05) is 45.3 Å². The van der Waals surface area contributed by atoms with Gasteiger partial charge in [0.15, 0.2) is 6.61 Å². The van der Waals surface area contributed by atoms with Crippen LogP contribution in [0.2, 0.25) is 0 Å². The van der Waals surface area contributed by atoms with Crippen molar-refractivity contribution in [2.75, 3.05) is 45.9 Å². The Kier molecular flexibility index (Phi) is 4.18. The second kappa shape index (κ2) is 6.24. The molecule has 1 amide bonds. The van der Waals surface area contributed by atoms with E-state index in [1.807, 2.05) is 35.2 Å². The van der Waals surface area contributed by atoms with E-state index in [1.54, 1.807) is 0 Å². The molecular weight excluding hydrogens is 254 g/mol. The molecule has 2 saturated heterocycles. The van der Waals surface area contributed by atoms with Crippen LogP contribution in [0.1, 0.15) is 0 Å². The van der Waals surface area contributed by atoms with Crippen LogP contribution in [-0.2, 0) is 4.79 Å². The molecule has 0 aliphatic carbocycles. The van der Waals surface area contributed by atoms with Crippen molar-refractivity contribution in [1.29, 1.82) is 0 Å². The number of carbonyl (C=O) groups is 1. The lowest BCUT2D eigenvalue weighted by atomic mass is 10.1. The molecule has 5 nitrogen and oxygen atoms in total. The zero-order valence-corrected chi connectivity index (χ0v) is 11.6. The van der Waals surface area contributed by atoms with Crippen LogP contribution in [0.25, 0.3) is 0 Å². The average molecular weight is 275 g/mol. The minimum Gasteiger partial charge on any atom is -0.484 e. The molecular formula is C15H21N3O2. The first kappa shape index (κ1) is 13.4. The fourth-order valence-corrected chi connectivity index (χ4v) is 2.62. The van der Waals surface area contributed by atoms with E-state index in [0.29, 0.717) is 6.04 Å². The predicted molar refractivity (Wildman–Crippen MR) is 76.7 cm³/mol. The average Bonchev–Trinajstić information content (AvgIpc) is 2.45. The minimum atomic E-state index is 0.0836. The Bertz CT molecular complexity index is 440. The van der Waals surface area contributed by atoms with Crippen molar-refractivity contribution < 1.29 is 9.53 Å². The SMILES string of the molecule is O=C(COc1ccccc1)N1CCN(C2CNC2)CC1. The van der Waals surface area contributed by atoms with Gasteiger partial charge in [0.05, 0.1) is 0 Å². The third-order valence-electron chi connectivity index (χ3n) is 4.05. The summed E-state index contributed by atoms with van der Waals surface area (Å²) in [7, 11) is 0. The molecule has 3 rings (SSSR count). The highest BCUT2D eigenvalue weighted by Crippen LogP contribution is 2.11. The third-order valence-corrected chi connectivity index (χ3v) is 4.05. The van der Waals surface area contributed by atoms with Crippen molar-refractivity contribution in [3.05, 3.63) is 30.3 Å². The number of nitrogens with one attached hydrogen (secondary N) is 1. The van der Waals surface area contributed by atoms with E-state index in [9.17, 15) is 4.79 Å². The number of amides is 1. The normalized spacial score (nSPS) is 20.5. The van der Waals surface area contributed by atoms with Crippen LogP contribution in [0.3, 0.4) is 0 Å². The van der Waals surface area contributed by atoms with Crippen molar-refractivity contribution in [2.45, 2.75) is 6.04 Å². The van der Waals surface area contributed by atoms with Gasteiger partial charge in [-0.3, -0.25) is 9.69 Å². The molecule has 20 heavy (non-hydrogen) atoms. The molecule has 0 atom stereocenters. The lowest BCUT2D eigenvalue weighted by molar-refractivity contribution is -0.135. The second-order valence-corrected chi connectivity index (χ2v) is 5.33. The molecule has 0 bridgehead atoms. The predicted octanol–water partition coefficient (Wildman–Crippen LogP) is 0.181. The quantitative estimate of drug-likeness (QED) is 0.851. The number of piperazine rings is 1. The standard InChI is InChI=1S/C15H21N3O2/c19-15(12-20-14-4-2-1-3-5-14)18-8-6-17(7-9-18)13-10-16-11-13/h1-5,13,16H,6-12H2. The maximum Gasteiger partial charge on any atom is 0.260 e. The number of nitrogens with zero attached hydrogens (tertiary/aromatic N) is 2. The number of benzene rings is 1. The molecule has 0 aromatic heterocycles. The molecule has 2 aliphatic heterocycles. The lowest BCUT2D eigenvalue weighted by Crippen LogP contribution is -2.62. The van der Waals surface area contributed by atoms with Crippen LogP contribution < -0.4 is 10.1 Å². The Labute approximate surface area is 119 Å². The van der Waals surface area contributed by atoms with Crippen molar-refractivity contribution in [1.82, 2.24) is 15.1 Å². The summed E-state index contributed by atoms with van der Waals surface area (Å²) < 4.78 is 5.51. The zero-order valence-electron chi connectivity index (χ0n) is 11.6. The van der Waals surface area contributed by atoms with Gasteiger partial charge in [-0.25, -0.2) is 0 Å². The van der Waals surface area contributed by atoms with Crippen LogP contribution in [0, 0.1) is 0 Å². The fraction of sp³-hybridized carbons (Fsp3) is 0.533. The van der Waals surface area contributed by atoms with E-state index < -0.39 is 0 Å². The number of para-hydroxylation sites is 1. The van der Waals surface area contributed by atoms with Gasteiger partial charge in [0.2, 0.25) is 0 Å².